The van der Waals surface area contributed by atoms with Gasteiger partial charge in [0.2, 0.25) is 0 Å². The molecule has 0 unspecified atom stereocenters. The van der Waals surface area contributed by atoms with Gasteiger partial charge in [-0.2, -0.15) is 0 Å². The molecule has 2 heterocycles. The van der Waals surface area contributed by atoms with Crippen molar-refractivity contribution < 1.29 is 4.42 Å². The molecule has 0 aliphatic rings. The molecule has 0 atom stereocenters. The SMILES string of the molecule is c1ccc(-c2cc(-c3cccc(-c4cccc(-c5nc(-c6ccccc6)nc(-c6ccccc6)n5)c4)c3)c(-c3ccccc3)c(-c3ccc4oc5ccccc5c4c3)c2)cc1. The van der Waals surface area contributed by atoms with E-state index in [4.69, 9.17) is 19.4 Å². The molecule has 0 fully saturated rings. The fourth-order valence-electron chi connectivity index (χ4n) is 8.35. The van der Waals surface area contributed by atoms with Gasteiger partial charge in [-0.15, -0.1) is 0 Å². The van der Waals surface area contributed by atoms with E-state index in [1.54, 1.807) is 0 Å². The number of aromatic nitrogens is 3. The molecule has 9 aromatic carbocycles. The zero-order valence-electron chi connectivity index (χ0n) is 33.1. The molecule has 0 spiro atoms. The lowest BCUT2D eigenvalue weighted by molar-refractivity contribution is 0.669. The predicted octanol–water partition coefficient (Wildman–Crippen LogP) is 15.1. The maximum absolute atomic E-state index is 6.28. The van der Waals surface area contributed by atoms with Crippen molar-refractivity contribution in [2.24, 2.45) is 0 Å². The Morgan fingerprint density at radius 3 is 1.28 bits per heavy atom. The molecule has 0 bridgehead atoms. The Morgan fingerprint density at radius 1 is 0.246 bits per heavy atom. The highest BCUT2D eigenvalue weighted by Gasteiger charge is 2.20. The number of benzene rings is 9. The Morgan fingerprint density at radius 2 is 0.672 bits per heavy atom. The molecule has 0 saturated heterocycles. The minimum absolute atomic E-state index is 0.625. The van der Waals surface area contributed by atoms with Crippen molar-refractivity contribution in [2.75, 3.05) is 0 Å². The summed E-state index contributed by atoms with van der Waals surface area (Å²) in [5, 5.41) is 2.21. The maximum Gasteiger partial charge on any atom is 0.164 e. The van der Waals surface area contributed by atoms with E-state index in [-0.39, 0.29) is 0 Å². The minimum atomic E-state index is 0.625. The van der Waals surface area contributed by atoms with E-state index in [0.717, 1.165) is 88.7 Å². The van der Waals surface area contributed by atoms with Crippen molar-refractivity contribution in [2.45, 2.75) is 0 Å². The van der Waals surface area contributed by atoms with E-state index >= 15 is 0 Å². The third-order valence-corrected chi connectivity index (χ3v) is 11.3. The van der Waals surface area contributed by atoms with Gasteiger partial charge in [0.1, 0.15) is 11.2 Å². The second kappa shape index (κ2) is 15.5. The van der Waals surface area contributed by atoms with E-state index in [2.05, 4.69) is 152 Å². The van der Waals surface area contributed by atoms with E-state index in [1.807, 2.05) is 72.8 Å². The van der Waals surface area contributed by atoms with Gasteiger partial charge in [0.05, 0.1) is 0 Å². The van der Waals surface area contributed by atoms with Gasteiger partial charge in [0.25, 0.3) is 0 Å². The predicted molar refractivity (Wildman–Crippen MR) is 251 cm³/mol. The zero-order valence-corrected chi connectivity index (χ0v) is 33.1. The van der Waals surface area contributed by atoms with Gasteiger partial charge >= 0.3 is 0 Å². The van der Waals surface area contributed by atoms with E-state index in [9.17, 15) is 0 Å². The van der Waals surface area contributed by atoms with Crippen molar-refractivity contribution in [1.29, 1.82) is 0 Å². The number of para-hydroxylation sites is 1. The highest BCUT2D eigenvalue weighted by atomic mass is 16.3. The first kappa shape index (κ1) is 35.9. The third-order valence-electron chi connectivity index (χ3n) is 11.3. The second-order valence-electron chi connectivity index (χ2n) is 15.2. The largest absolute Gasteiger partial charge is 0.456 e. The number of hydrogen-bond donors (Lipinski definition) is 0. The van der Waals surface area contributed by atoms with Crippen LogP contribution in [0, 0.1) is 0 Å². The Labute approximate surface area is 354 Å². The summed E-state index contributed by atoms with van der Waals surface area (Å²) in [5.74, 6) is 1.90. The molecule has 61 heavy (non-hydrogen) atoms. The molecular weight excluding hydrogens is 743 g/mol. The van der Waals surface area contributed by atoms with Crippen LogP contribution in [-0.2, 0) is 0 Å². The van der Waals surface area contributed by atoms with Crippen LogP contribution in [0.15, 0.2) is 229 Å². The lowest BCUT2D eigenvalue weighted by atomic mass is 9.84. The third kappa shape index (κ3) is 6.96. The molecule has 4 nitrogen and oxygen atoms in total. The molecule has 0 amide bonds. The second-order valence-corrected chi connectivity index (χ2v) is 15.2. The summed E-state index contributed by atoms with van der Waals surface area (Å²) in [5.41, 5.74) is 15.9. The summed E-state index contributed by atoms with van der Waals surface area (Å²) in [6, 6.07) is 78.6. The highest BCUT2D eigenvalue weighted by Crippen LogP contribution is 2.45. The number of hydrogen-bond acceptors (Lipinski definition) is 4. The fraction of sp³-hybridized carbons (Fsp3) is 0. The molecule has 0 saturated carbocycles. The average Bonchev–Trinajstić information content (AvgIpc) is 3.73. The lowest BCUT2D eigenvalue weighted by Gasteiger charge is -2.20. The van der Waals surface area contributed by atoms with Crippen molar-refractivity contribution >= 4 is 21.9 Å². The van der Waals surface area contributed by atoms with Gasteiger partial charge in [-0.3, -0.25) is 0 Å². The van der Waals surface area contributed by atoms with Crippen molar-refractivity contribution in [3.05, 3.63) is 224 Å². The van der Waals surface area contributed by atoms with Crippen LogP contribution in [0.4, 0.5) is 0 Å². The normalized spacial score (nSPS) is 11.3. The van der Waals surface area contributed by atoms with Crippen LogP contribution in [0.2, 0.25) is 0 Å². The van der Waals surface area contributed by atoms with Gasteiger partial charge in [0.15, 0.2) is 17.5 Å². The summed E-state index contributed by atoms with van der Waals surface area (Å²) >= 11 is 0. The molecule has 0 N–H and O–H groups in total. The number of furan rings is 1. The van der Waals surface area contributed by atoms with Crippen LogP contribution in [0.25, 0.3) is 112 Å². The van der Waals surface area contributed by atoms with E-state index in [1.165, 1.54) is 5.56 Å². The van der Waals surface area contributed by atoms with Crippen LogP contribution in [0.1, 0.15) is 0 Å². The maximum atomic E-state index is 6.28. The fourth-order valence-corrected chi connectivity index (χ4v) is 8.35. The average molecular weight is 780 g/mol. The number of rotatable bonds is 8. The molecule has 4 heteroatoms. The molecule has 0 aliphatic carbocycles. The Hall–Kier alpha value is -8.21. The van der Waals surface area contributed by atoms with Crippen LogP contribution < -0.4 is 0 Å². The highest BCUT2D eigenvalue weighted by molar-refractivity contribution is 6.07. The summed E-state index contributed by atoms with van der Waals surface area (Å²) in [6.45, 7) is 0. The first-order valence-electron chi connectivity index (χ1n) is 20.5. The molecule has 11 rings (SSSR count). The lowest BCUT2D eigenvalue weighted by Crippen LogP contribution is -2.00. The first-order valence-corrected chi connectivity index (χ1v) is 20.5. The van der Waals surface area contributed by atoms with E-state index < -0.39 is 0 Å². The topological polar surface area (TPSA) is 51.8 Å². The number of fused-ring (bicyclic) bond motifs is 3. The van der Waals surface area contributed by atoms with Crippen molar-refractivity contribution in [1.82, 2.24) is 15.0 Å². The molecule has 0 aliphatic heterocycles. The quantitative estimate of drug-likeness (QED) is 0.154. The van der Waals surface area contributed by atoms with Gasteiger partial charge in [-0.25, -0.2) is 15.0 Å². The number of nitrogens with zero attached hydrogens (tertiary/aromatic N) is 3. The molecule has 11 aromatic rings. The van der Waals surface area contributed by atoms with Gasteiger partial charge in [0, 0.05) is 27.5 Å². The monoisotopic (exact) mass is 779 g/mol. The van der Waals surface area contributed by atoms with Crippen LogP contribution in [-0.4, -0.2) is 15.0 Å². The summed E-state index contributed by atoms with van der Waals surface area (Å²) in [4.78, 5) is 15.0. The van der Waals surface area contributed by atoms with Crippen molar-refractivity contribution in [3.8, 4) is 89.8 Å². The minimum Gasteiger partial charge on any atom is -0.456 e. The first-order chi connectivity index (χ1) is 30.2. The van der Waals surface area contributed by atoms with E-state index in [0.29, 0.717) is 17.5 Å². The molecule has 286 valence electrons. The Kier molecular flexibility index (Phi) is 9.14. The summed E-state index contributed by atoms with van der Waals surface area (Å²) in [7, 11) is 0. The van der Waals surface area contributed by atoms with Crippen LogP contribution in [0.5, 0.6) is 0 Å². The van der Waals surface area contributed by atoms with Gasteiger partial charge in [-0.05, 0) is 98.1 Å². The Balaban J connectivity index is 1.08. The summed E-state index contributed by atoms with van der Waals surface area (Å²) < 4.78 is 6.28. The van der Waals surface area contributed by atoms with Crippen molar-refractivity contribution in [3.63, 3.8) is 0 Å². The van der Waals surface area contributed by atoms with Crippen LogP contribution in [0.3, 0.4) is 0 Å². The molecule has 2 aromatic heterocycles. The Bertz CT molecular complexity index is 3280. The van der Waals surface area contributed by atoms with Gasteiger partial charge in [-0.1, -0.05) is 182 Å². The zero-order chi connectivity index (χ0) is 40.5. The summed E-state index contributed by atoms with van der Waals surface area (Å²) in [6.07, 6.45) is 0. The molecule has 0 radical (unpaired) electrons. The smallest absolute Gasteiger partial charge is 0.164 e. The van der Waals surface area contributed by atoms with Gasteiger partial charge < -0.3 is 4.42 Å². The molecular formula is C57H37N3O. The van der Waals surface area contributed by atoms with Crippen LogP contribution >= 0.6 is 0 Å². The standard InChI is InChI=1S/C57H37N3O/c1-5-17-38(18-6-1)47-36-49(54(39-19-7-2-8-20-39)50(37-47)45-31-32-53-51(35-45)48-29-13-14-30-52(48)61-53)44-27-15-25-42(33-44)43-26-16-28-46(34-43)57-59-55(40-21-9-3-10-22-40)58-56(60-57)41-23-11-4-12-24-41/h1-37H.